The molecule has 0 aromatic rings. The number of carbonyl (C=O) groups is 1. The van der Waals surface area contributed by atoms with E-state index in [1.165, 1.54) is 0 Å². The third-order valence-corrected chi connectivity index (χ3v) is 7.66. The molecule has 3 unspecified atom stereocenters. The van der Waals surface area contributed by atoms with Gasteiger partial charge in [0.05, 0.1) is 18.3 Å². The SMILES string of the molecule is C=C1C(C)CC2[C@](C)(CC[C@@H](O)[C@@]2(C)CO)C1C/C=C1/C(=O)OC[C@H]1O.[I][V][I]. The van der Waals surface area contributed by atoms with Crippen LogP contribution < -0.4 is 0 Å². The summed E-state index contributed by atoms with van der Waals surface area (Å²) >= 11 is 4.74. The molecule has 0 spiro atoms. The van der Waals surface area contributed by atoms with E-state index in [-0.39, 0.29) is 36.4 Å². The summed E-state index contributed by atoms with van der Waals surface area (Å²) in [5.74, 6) is 0.164. The fourth-order valence-corrected chi connectivity index (χ4v) is 5.73. The summed E-state index contributed by atoms with van der Waals surface area (Å²) in [7, 11) is 0.628. The van der Waals surface area contributed by atoms with Crippen LogP contribution in [0.1, 0.15) is 46.5 Å². The monoisotopic (exact) mass is 669 g/mol. The van der Waals surface area contributed by atoms with Crippen molar-refractivity contribution in [3.63, 3.8) is 0 Å². The van der Waals surface area contributed by atoms with Crippen LogP contribution in [0, 0.1) is 28.6 Å². The van der Waals surface area contributed by atoms with Crippen LogP contribution >= 0.6 is 40.0 Å². The standard InChI is InChI=1S/C21H32O5.2HI.V/c1-12-9-17-20(3,8-7-18(24)21(17,4)11-22)15(13(12)2)6-5-14-16(23)10-26-19(14)25;;;/h5,12,15-18,22-24H,2,6-11H2,1,3-4H3;2*1H;/q;;;+2/p-2/b14-5+;;;/t12?,15?,16-,17?,18-,20-,21+;;;/m1.../s1. The molecule has 8 heteroatoms. The van der Waals surface area contributed by atoms with Gasteiger partial charge in [-0.1, -0.05) is 39.0 Å². The van der Waals surface area contributed by atoms with Gasteiger partial charge < -0.3 is 20.1 Å². The molecule has 0 radical (unpaired) electrons. The van der Waals surface area contributed by atoms with Gasteiger partial charge in [-0.25, -0.2) is 4.79 Å². The fourth-order valence-electron chi connectivity index (χ4n) is 5.73. The van der Waals surface area contributed by atoms with E-state index in [2.05, 4.69) is 60.4 Å². The van der Waals surface area contributed by atoms with Crippen molar-refractivity contribution in [2.24, 2.45) is 28.6 Å². The molecule has 29 heavy (non-hydrogen) atoms. The van der Waals surface area contributed by atoms with Crippen LogP contribution in [0.15, 0.2) is 23.8 Å². The van der Waals surface area contributed by atoms with E-state index in [1.807, 2.05) is 13.0 Å². The summed E-state index contributed by atoms with van der Waals surface area (Å²) in [5.41, 5.74) is 0.874. The summed E-state index contributed by atoms with van der Waals surface area (Å²) < 4.78 is 4.92. The number of carbonyl (C=O) groups excluding carboxylic acids is 1. The Morgan fingerprint density at radius 3 is 2.48 bits per heavy atom. The van der Waals surface area contributed by atoms with E-state index < -0.39 is 23.6 Å². The number of aliphatic hydroxyl groups excluding tert-OH is 3. The third-order valence-electron chi connectivity index (χ3n) is 7.66. The van der Waals surface area contributed by atoms with Crippen LogP contribution in [0.2, 0.25) is 0 Å². The molecule has 0 bridgehead atoms. The topological polar surface area (TPSA) is 87.0 Å². The van der Waals surface area contributed by atoms with Crippen molar-refractivity contribution in [3.8, 4) is 0 Å². The third kappa shape index (κ3) is 5.11. The second-order valence-corrected chi connectivity index (χ2v) is 20.9. The zero-order valence-electron chi connectivity index (χ0n) is 17.3. The molecule has 7 atom stereocenters. The Labute approximate surface area is 203 Å². The molecule has 3 fully saturated rings. The van der Waals surface area contributed by atoms with E-state index in [4.69, 9.17) is 4.74 Å². The van der Waals surface area contributed by atoms with Crippen molar-refractivity contribution < 1.29 is 34.3 Å². The van der Waals surface area contributed by atoms with Crippen molar-refractivity contribution in [2.45, 2.75) is 58.7 Å². The van der Waals surface area contributed by atoms with Crippen LogP contribution in [0.25, 0.3) is 0 Å². The van der Waals surface area contributed by atoms with Crippen LogP contribution in [0.4, 0.5) is 0 Å². The molecular weight excluding hydrogens is 637 g/mol. The molecule has 0 aromatic carbocycles. The van der Waals surface area contributed by atoms with Gasteiger partial charge in [-0.05, 0) is 48.9 Å². The normalized spacial score (nSPS) is 43.3. The Morgan fingerprint density at radius 1 is 1.34 bits per heavy atom. The molecule has 3 aliphatic rings. The van der Waals surface area contributed by atoms with Crippen LogP contribution in [0.3, 0.4) is 0 Å². The zero-order chi connectivity index (χ0) is 22.0. The molecule has 3 N–H and O–H groups in total. The molecule has 0 aromatic heterocycles. The summed E-state index contributed by atoms with van der Waals surface area (Å²) in [6.07, 6.45) is 3.50. The van der Waals surface area contributed by atoms with Gasteiger partial charge in [-0.15, -0.1) is 0 Å². The Balaban J connectivity index is 0.000000941. The van der Waals surface area contributed by atoms with Crippen molar-refractivity contribution in [2.75, 3.05) is 13.2 Å². The zero-order valence-corrected chi connectivity index (χ0v) is 23.0. The first-order valence-corrected chi connectivity index (χ1v) is 19.0. The Bertz CT molecular complexity index is 657. The number of allylic oxidation sites excluding steroid dienone is 2. The van der Waals surface area contributed by atoms with Crippen molar-refractivity contribution in [3.05, 3.63) is 23.8 Å². The van der Waals surface area contributed by atoms with E-state index in [1.54, 1.807) is 0 Å². The Morgan fingerprint density at radius 2 is 1.97 bits per heavy atom. The summed E-state index contributed by atoms with van der Waals surface area (Å²) in [6.45, 7) is 10.7. The first-order chi connectivity index (χ1) is 13.6. The number of esters is 1. The van der Waals surface area contributed by atoms with Gasteiger partial charge in [0.1, 0.15) is 12.7 Å². The molecule has 1 heterocycles. The molecule has 165 valence electrons. The Kier molecular flexibility index (Phi) is 9.61. The van der Waals surface area contributed by atoms with Gasteiger partial charge in [0, 0.05) is 5.41 Å². The van der Waals surface area contributed by atoms with Crippen molar-refractivity contribution in [1.29, 1.82) is 0 Å². The first kappa shape index (κ1) is 26.1. The van der Waals surface area contributed by atoms with E-state index in [0.717, 1.165) is 18.4 Å². The predicted octanol–water partition coefficient (Wildman–Crippen LogP) is 3.98. The molecule has 0 amide bonds. The van der Waals surface area contributed by atoms with E-state index in [9.17, 15) is 20.1 Å². The Hall–Kier alpha value is 0.874. The fraction of sp³-hybridized carbons (Fsp3) is 0.762. The molecule has 1 saturated heterocycles. The molecule has 2 saturated carbocycles. The van der Waals surface area contributed by atoms with Crippen LogP contribution in [0.5, 0.6) is 0 Å². The van der Waals surface area contributed by atoms with Gasteiger partial charge in [0.25, 0.3) is 0 Å². The van der Waals surface area contributed by atoms with Crippen LogP contribution in [-0.2, 0) is 19.0 Å². The van der Waals surface area contributed by atoms with Gasteiger partial charge in [-0.2, -0.15) is 0 Å². The molecule has 3 rings (SSSR count). The second-order valence-electron chi connectivity index (χ2n) is 9.11. The summed E-state index contributed by atoms with van der Waals surface area (Å²) in [6, 6.07) is 0. The minimum atomic E-state index is -0.851. The average Bonchev–Trinajstić information content (AvgIpc) is 3.00. The summed E-state index contributed by atoms with van der Waals surface area (Å²) in [4.78, 5) is 11.8. The predicted molar refractivity (Wildman–Crippen MR) is 126 cm³/mol. The maximum absolute atomic E-state index is 11.8. The number of hydrogen-bond donors (Lipinski definition) is 3. The maximum atomic E-state index is 11.8. The molecular formula is C21H32I2O5V. The molecule has 1 aliphatic heterocycles. The van der Waals surface area contributed by atoms with Crippen molar-refractivity contribution >= 4 is 45.9 Å². The van der Waals surface area contributed by atoms with Gasteiger partial charge in [0.2, 0.25) is 0 Å². The number of halogens is 2. The van der Waals surface area contributed by atoms with E-state index in [0.29, 0.717) is 27.9 Å². The van der Waals surface area contributed by atoms with Crippen LogP contribution in [-0.4, -0.2) is 46.7 Å². The van der Waals surface area contributed by atoms with Crippen molar-refractivity contribution in [1.82, 2.24) is 0 Å². The number of aliphatic hydroxyl groups is 3. The number of rotatable bonds is 3. The number of fused-ring (bicyclic) bond motifs is 1. The molecule has 5 nitrogen and oxygen atoms in total. The van der Waals surface area contributed by atoms with Gasteiger partial charge in [0.15, 0.2) is 0 Å². The molecule has 2 aliphatic carbocycles. The van der Waals surface area contributed by atoms with Gasteiger partial charge >= 0.3 is 55.4 Å². The first-order valence-electron chi connectivity index (χ1n) is 10.0. The second kappa shape index (κ2) is 10.7. The number of hydrogen-bond acceptors (Lipinski definition) is 5. The quantitative estimate of drug-likeness (QED) is 0.184. The minimum absolute atomic E-state index is 0.0291. The van der Waals surface area contributed by atoms with E-state index >= 15 is 0 Å². The summed E-state index contributed by atoms with van der Waals surface area (Å²) in [5, 5.41) is 30.7. The number of cyclic esters (lactones) is 1. The average molecular weight is 669 g/mol. The number of ether oxygens (including phenoxy) is 1. The van der Waals surface area contributed by atoms with Gasteiger partial charge in [-0.3, -0.25) is 0 Å².